The van der Waals surface area contributed by atoms with Crippen molar-refractivity contribution >= 4 is 0 Å². The van der Waals surface area contributed by atoms with E-state index in [2.05, 4.69) is 5.32 Å². The van der Waals surface area contributed by atoms with E-state index < -0.39 is 23.3 Å². The van der Waals surface area contributed by atoms with E-state index in [0.717, 1.165) is 12.1 Å². The molecule has 0 heterocycles. The number of hydrogen-bond acceptors (Lipinski definition) is 2. The third-order valence-electron chi connectivity index (χ3n) is 2.79. The molecule has 0 saturated carbocycles. The molecule has 6 heteroatoms. The molecule has 0 aliphatic heterocycles. The predicted molar refractivity (Wildman–Crippen MR) is 70.7 cm³/mol. The average molecular weight is 299 g/mol. The molecule has 0 saturated heterocycles. The topological polar surface area (TPSA) is 21.3 Å². The number of hydrogen-bond donors (Lipinski definition) is 1. The van der Waals surface area contributed by atoms with Gasteiger partial charge in [0, 0.05) is 6.54 Å². The highest BCUT2D eigenvalue weighted by Gasteiger charge is 2.34. The first kappa shape index (κ1) is 15.3. The van der Waals surface area contributed by atoms with E-state index >= 15 is 0 Å². The summed E-state index contributed by atoms with van der Waals surface area (Å²) in [5.41, 5.74) is -0.268. The summed E-state index contributed by atoms with van der Waals surface area (Å²) in [5, 5.41) is 2.85. The van der Waals surface area contributed by atoms with Gasteiger partial charge < -0.3 is 10.1 Å². The zero-order valence-corrected chi connectivity index (χ0v) is 11.2. The fourth-order valence-electron chi connectivity index (χ4n) is 1.85. The van der Waals surface area contributed by atoms with E-state index in [1.165, 1.54) is 24.3 Å². The molecule has 21 heavy (non-hydrogen) atoms. The van der Waals surface area contributed by atoms with Crippen LogP contribution >= 0.6 is 0 Å². The lowest BCUT2D eigenvalue weighted by atomic mass is 10.2. The number of ether oxygens (including phenoxy) is 1. The van der Waals surface area contributed by atoms with Crippen molar-refractivity contribution in [3.05, 3.63) is 59.4 Å². The molecule has 0 aliphatic carbocycles. The lowest BCUT2D eigenvalue weighted by Gasteiger charge is -2.14. The van der Waals surface area contributed by atoms with Gasteiger partial charge in [0.25, 0.3) is 0 Å². The van der Waals surface area contributed by atoms with Crippen LogP contribution < -0.4 is 10.1 Å². The SMILES string of the molecule is CNCc1ccc(Oc2ccccc2C(F)(F)F)c(F)c1. The Kier molecular flexibility index (Phi) is 4.47. The first-order valence-corrected chi connectivity index (χ1v) is 6.19. The highest BCUT2D eigenvalue weighted by molar-refractivity contribution is 5.40. The minimum atomic E-state index is -4.56. The van der Waals surface area contributed by atoms with Gasteiger partial charge in [0.15, 0.2) is 11.6 Å². The van der Waals surface area contributed by atoms with E-state index in [1.54, 1.807) is 13.1 Å². The fraction of sp³-hybridized carbons (Fsp3) is 0.200. The maximum Gasteiger partial charge on any atom is 0.419 e. The normalized spacial score (nSPS) is 11.5. The van der Waals surface area contributed by atoms with Crippen LogP contribution in [0.4, 0.5) is 17.6 Å². The Hall–Kier alpha value is -2.08. The molecule has 0 spiro atoms. The van der Waals surface area contributed by atoms with Crippen molar-refractivity contribution in [1.82, 2.24) is 5.32 Å². The minimum Gasteiger partial charge on any atom is -0.454 e. The van der Waals surface area contributed by atoms with Gasteiger partial charge in [-0.3, -0.25) is 0 Å². The van der Waals surface area contributed by atoms with Crippen LogP contribution in [0.15, 0.2) is 42.5 Å². The number of halogens is 4. The standard InChI is InChI=1S/C15H13F4NO/c1-20-9-10-6-7-14(12(16)8-10)21-13-5-3-2-4-11(13)15(17,18)19/h2-8,20H,9H2,1H3. The van der Waals surface area contributed by atoms with Crippen LogP contribution in [-0.2, 0) is 12.7 Å². The molecule has 0 amide bonds. The van der Waals surface area contributed by atoms with Gasteiger partial charge in [-0.1, -0.05) is 18.2 Å². The molecule has 2 nitrogen and oxygen atoms in total. The summed E-state index contributed by atoms with van der Waals surface area (Å²) in [5.74, 6) is -1.38. The molecular weight excluding hydrogens is 286 g/mol. The Morgan fingerprint density at radius 1 is 1.05 bits per heavy atom. The van der Waals surface area contributed by atoms with Crippen LogP contribution in [-0.4, -0.2) is 7.05 Å². The summed E-state index contributed by atoms with van der Waals surface area (Å²) in [6.07, 6.45) is -4.56. The maximum absolute atomic E-state index is 13.9. The molecule has 1 N–H and O–H groups in total. The first-order valence-electron chi connectivity index (χ1n) is 6.19. The van der Waals surface area contributed by atoms with E-state index in [0.29, 0.717) is 12.1 Å². The van der Waals surface area contributed by atoms with Crippen molar-refractivity contribution in [3.63, 3.8) is 0 Å². The number of alkyl halides is 3. The molecule has 0 unspecified atom stereocenters. The Labute approximate surface area is 119 Å². The summed E-state index contributed by atoms with van der Waals surface area (Å²) >= 11 is 0. The van der Waals surface area contributed by atoms with Crippen LogP contribution in [0, 0.1) is 5.82 Å². The van der Waals surface area contributed by atoms with Gasteiger partial charge in [-0.05, 0) is 36.9 Å². The molecule has 0 aromatic heterocycles. The predicted octanol–water partition coefficient (Wildman–Crippen LogP) is 4.36. The van der Waals surface area contributed by atoms with Crippen LogP contribution in [0.2, 0.25) is 0 Å². The number of benzene rings is 2. The van der Waals surface area contributed by atoms with Gasteiger partial charge in [0.05, 0.1) is 5.56 Å². The molecule has 0 bridgehead atoms. The monoisotopic (exact) mass is 299 g/mol. The Morgan fingerprint density at radius 2 is 1.76 bits per heavy atom. The largest absolute Gasteiger partial charge is 0.454 e. The highest BCUT2D eigenvalue weighted by atomic mass is 19.4. The fourth-order valence-corrected chi connectivity index (χ4v) is 1.85. The van der Waals surface area contributed by atoms with Crippen molar-refractivity contribution in [2.45, 2.75) is 12.7 Å². The smallest absolute Gasteiger partial charge is 0.419 e. The van der Waals surface area contributed by atoms with Crippen LogP contribution in [0.25, 0.3) is 0 Å². The summed E-state index contributed by atoms with van der Waals surface area (Å²) in [6.45, 7) is 0.455. The summed E-state index contributed by atoms with van der Waals surface area (Å²) < 4.78 is 57.4. The van der Waals surface area contributed by atoms with Gasteiger partial charge in [-0.15, -0.1) is 0 Å². The van der Waals surface area contributed by atoms with E-state index in [9.17, 15) is 17.6 Å². The second kappa shape index (κ2) is 6.13. The third kappa shape index (κ3) is 3.72. The lowest BCUT2D eigenvalue weighted by Crippen LogP contribution is -2.07. The second-order valence-corrected chi connectivity index (χ2v) is 4.39. The van der Waals surface area contributed by atoms with E-state index in [4.69, 9.17) is 4.74 Å². The molecule has 112 valence electrons. The maximum atomic E-state index is 13.9. The molecule has 2 rings (SSSR count). The number of nitrogens with one attached hydrogen (secondary N) is 1. The van der Waals surface area contributed by atoms with Gasteiger partial charge in [-0.25, -0.2) is 4.39 Å². The van der Waals surface area contributed by atoms with Crippen LogP contribution in [0.5, 0.6) is 11.5 Å². The van der Waals surface area contributed by atoms with Crippen molar-refractivity contribution < 1.29 is 22.3 Å². The molecule has 0 aliphatic rings. The van der Waals surface area contributed by atoms with Crippen molar-refractivity contribution in [2.24, 2.45) is 0 Å². The Morgan fingerprint density at radius 3 is 2.38 bits per heavy atom. The summed E-state index contributed by atoms with van der Waals surface area (Å²) in [6, 6.07) is 8.83. The quantitative estimate of drug-likeness (QED) is 0.847. The average Bonchev–Trinajstić information content (AvgIpc) is 2.42. The highest BCUT2D eigenvalue weighted by Crippen LogP contribution is 2.38. The summed E-state index contributed by atoms with van der Waals surface area (Å²) in [7, 11) is 1.71. The first-order chi connectivity index (χ1) is 9.91. The molecule has 2 aromatic rings. The molecule has 2 aromatic carbocycles. The van der Waals surface area contributed by atoms with E-state index in [-0.39, 0.29) is 5.75 Å². The minimum absolute atomic E-state index is 0.244. The van der Waals surface area contributed by atoms with Gasteiger partial charge in [-0.2, -0.15) is 13.2 Å². The Balaban J connectivity index is 2.31. The Bertz CT molecular complexity index is 625. The molecule has 0 atom stereocenters. The summed E-state index contributed by atoms with van der Waals surface area (Å²) in [4.78, 5) is 0. The number of para-hydroxylation sites is 1. The van der Waals surface area contributed by atoms with Crippen molar-refractivity contribution in [1.29, 1.82) is 0 Å². The number of rotatable bonds is 4. The molecule has 0 fully saturated rings. The van der Waals surface area contributed by atoms with E-state index in [1.807, 2.05) is 0 Å². The second-order valence-electron chi connectivity index (χ2n) is 4.39. The van der Waals surface area contributed by atoms with Crippen molar-refractivity contribution in [2.75, 3.05) is 7.05 Å². The molecule has 0 radical (unpaired) electrons. The zero-order valence-electron chi connectivity index (χ0n) is 11.2. The van der Waals surface area contributed by atoms with Crippen LogP contribution in [0.1, 0.15) is 11.1 Å². The lowest BCUT2D eigenvalue weighted by molar-refractivity contribution is -0.138. The van der Waals surface area contributed by atoms with Gasteiger partial charge in [0.2, 0.25) is 0 Å². The van der Waals surface area contributed by atoms with Crippen LogP contribution in [0.3, 0.4) is 0 Å². The van der Waals surface area contributed by atoms with Gasteiger partial charge >= 0.3 is 6.18 Å². The third-order valence-corrected chi connectivity index (χ3v) is 2.79. The van der Waals surface area contributed by atoms with Gasteiger partial charge in [0.1, 0.15) is 5.75 Å². The molecular formula is C15H13F4NO. The van der Waals surface area contributed by atoms with Crippen molar-refractivity contribution in [3.8, 4) is 11.5 Å². The zero-order chi connectivity index (χ0) is 15.5.